The molecule has 0 amide bonds. The summed E-state index contributed by atoms with van der Waals surface area (Å²) in [6.07, 6.45) is 6.87. The third-order valence-corrected chi connectivity index (χ3v) is 2.56. The van der Waals surface area contributed by atoms with E-state index in [1.165, 1.54) is 6.33 Å². The van der Waals surface area contributed by atoms with Gasteiger partial charge in [0.15, 0.2) is 5.82 Å². The first-order valence-corrected chi connectivity index (χ1v) is 6.16. The molecule has 2 aromatic rings. The van der Waals surface area contributed by atoms with Crippen LogP contribution in [0.4, 0.5) is 11.5 Å². The lowest BCUT2D eigenvalue weighted by Crippen LogP contribution is -2.22. The maximum Gasteiger partial charge on any atom is 0.242 e. The molecular weight excluding hydrogens is 244 g/mol. The van der Waals surface area contributed by atoms with Gasteiger partial charge >= 0.3 is 0 Å². The Morgan fingerprint density at radius 3 is 3.00 bits per heavy atom. The molecule has 1 unspecified atom stereocenters. The van der Waals surface area contributed by atoms with E-state index >= 15 is 0 Å². The fourth-order valence-electron chi connectivity index (χ4n) is 1.74. The van der Waals surface area contributed by atoms with Crippen molar-refractivity contribution in [3.8, 4) is 5.88 Å². The highest BCUT2D eigenvalue weighted by Gasteiger charge is 2.11. The zero-order valence-electron chi connectivity index (χ0n) is 11.1. The summed E-state index contributed by atoms with van der Waals surface area (Å²) in [6, 6.07) is 0.154. The number of anilines is 2. The van der Waals surface area contributed by atoms with Gasteiger partial charge in [0.1, 0.15) is 12.0 Å². The minimum absolute atomic E-state index is 0.154. The molecule has 0 aliphatic carbocycles. The van der Waals surface area contributed by atoms with Gasteiger partial charge in [-0.15, -0.1) is 0 Å². The number of hydrogen-bond donors (Lipinski definition) is 2. The minimum Gasteiger partial charge on any atom is -0.476 e. The Hall–Kier alpha value is -2.31. The summed E-state index contributed by atoms with van der Waals surface area (Å²) < 4.78 is 7.32. The number of rotatable bonds is 6. The smallest absolute Gasteiger partial charge is 0.242 e. The van der Waals surface area contributed by atoms with Crippen LogP contribution in [0.15, 0.2) is 25.0 Å². The number of ether oxygens (including phenoxy) is 1. The second-order valence-corrected chi connectivity index (χ2v) is 4.18. The van der Waals surface area contributed by atoms with Crippen molar-refractivity contribution in [1.29, 1.82) is 0 Å². The van der Waals surface area contributed by atoms with Crippen molar-refractivity contribution in [2.24, 2.45) is 0 Å². The summed E-state index contributed by atoms with van der Waals surface area (Å²) in [5.74, 6) is 1.00. The Bertz CT molecular complexity index is 513. The van der Waals surface area contributed by atoms with Crippen molar-refractivity contribution in [3.05, 3.63) is 25.0 Å². The highest BCUT2D eigenvalue weighted by molar-refractivity contribution is 5.66. The Morgan fingerprint density at radius 2 is 2.32 bits per heavy atom. The van der Waals surface area contributed by atoms with Gasteiger partial charge < -0.3 is 20.4 Å². The van der Waals surface area contributed by atoms with Crippen molar-refractivity contribution in [2.75, 3.05) is 17.7 Å². The first-order chi connectivity index (χ1) is 9.20. The number of nitrogens with two attached hydrogens (primary N) is 1. The van der Waals surface area contributed by atoms with Crippen molar-refractivity contribution in [1.82, 2.24) is 19.5 Å². The maximum absolute atomic E-state index is 5.96. The van der Waals surface area contributed by atoms with Crippen LogP contribution in [0.2, 0.25) is 0 Å². The predicted molar refractivity (Wildman–Crippen MR) is 72.9 cm³/mol. The van der Waals surface area contributed by atoms with Crippen molar-refractivity contribution in [3.63, 3.8) is 0 Å². The first kappa shape index (κ1) is 13.1. The zero-order valence-corrected chi connectivity index (χ0v) is 11.1. The van der Waals surface area contributed by atoms with E-state index in [2.05, 4.69) is 20.3 Å². The average molecular weight is 262 g/mol. The fourth-order valence-corrected chi connectivity index (χ4v) is 1.74. The fraction of sp³-hybridized carbons (Fsp3) is 0.417. The Morgan fingerprint density at radius 1 is 1.47 bits per heavy atom. The number of aromatic nitrogens is 4. The van der Waals surface area contributed by atoms with E-state index in [1.807, 2.05) is 24.6 Å². The summed E-state index contributed by atoms with van der Waals surface area (Å²) in [6.45, 7) is 5.22. The van der Waals surface area contributed by atoms with Crippen molar-refractivity contribution < 1.29 is 4.74 Å². The van der Waals surface area contributed by atoms with Crippen LogP contribution in [-0.2, 0) is 6.54 Å². The third-order valence-electron chi connectivity index (χ3n) is 2.56. The molecule has 7 nitrogen and oxygen atoms in total. The third kappa shape index (κ3) is 3.34. The highest BCUT2D eigenvalue weighted by atomic mass is 16.5. The van der Waals surface area contributed by atoms with Crippen LogP contribution in [-0.4, -0.2) is 32.2 Å². The van der Waals surface area contributed by atoms with E-state index < -0.39 is 0 Å². The number of nitrogens with one attached hydrogen (secondary N) is 1. The molecule has 0 fully saturated rings. The van der Waals surface area contributed by atoms with E-state index in [-0.39, 0.29) is 6.04 Å². The van der Waals surface area contributed by atoms with Gasteiger partial charge in [0.05, 0.1) is 12.9 Å². The minimum atomic E-state index is 0.154. The van der Waals surface area contributed by atoms with Gasteiger partial charge in [0, 0.05) is 25.0 Å². The number of nitrogen functional groups attached to an aromatic ring is 1. The molecule has 2 heterocycles. The SMILES string of the molecule is CCOc1ncnc(NC(C)Cn2ccnc2)c1N. The molecule has 2 aromatic heterocycles. The molecule has 3 N–H and O–H groups in total. The number of hydrogen-bond acceptors (Lipinski definition) is 6. The molecule has 0 aliphatic heterocycles. The molecule has 0 radical (unpaired) electrons. The van der Waals surface area contributed by atoms with Crippen LogP contribution in [0.3, 0.4) is 0 Å². The van der Waals surface area contributed by atoms with Gasteiger partial charge in [0.25, 0.3) is 0 Å². The molecule has 19 heavy (non-hydrogen) atoms. The summed E-state index contributed by atoms with van der Waals surface area (Å²) in [5.41, 5.74) is 6.39. The molecule has 1 atom stereocenters. The molecule has 0 spiro atoms. The first-order valence-electron chi connectivity index (χ1n) is 6.16. The summed E-state index contributed by atoms with van der Waals surface area (Å²) in [7, 11) is 0. The molecule has 0 aliphatic rings. The Balaban J connectivity index is 2.04. The Labute approximate surface area is 111 Å². The van der Waals surface area contributed by atoms with Gasteiger partial charge in [-0.25, -0.2) is 9.97 Å². The lowest BCUT2D eigenvalue weighted by atomic mass is 10.3. The second-order valence-electron chi connectivity index (χ2n) is 4.18. The van der Waals surface area contributed by atoms with E-state index in [4.69, 9.17) is 10.5 Å². The van der Waals surface area contributed by atoms with Gasteiger partial charge in [0.2, 0.25) is 5.88 Å². The van der Waals surface area contributed by atoms with E-state index in [1.54, 1.807) is 12.5 Å². The van der Waals surface area contributed by atoms with Crippen LogP contribution in [0.5, 0.6) is 5.88 Å². The molecule has 0 saturated heterocycles. The summed E-state index contributed by atoms with van der Waals surface area (Å²) in [5, 5.41) is 3.24. The Kier molecular flexibility index (Phi) is 4.17. The standard InChI is InChI=1S/C12H18N6O/c1-3-19-12-10(13)11(15-7-16-12)17-9(2)6-18-5-4-14-8-18/h4-5,7-9H,3,6,13H2,1-2H3,(H,15,16,17). The second kappa shape index (κ2) is 6.03. The molecule has 0 saturated carbocycles. The predicted octanol–water partition coefficient (Wildman–Crippen LogP) is 1.15. The van der Waals surface area contributed by atoms with Crippen molar-refractivity contribution in [2.45, 2.75) is 26.4 Å². The number of imidazole rings is 1. The van der Waals surface area contributed by atoms with Crippen LogP contribution in [0.25, 0.3) is 0 Å². The van der Waals surface area contributed by atoms with Crippen LogP contribution in [0, 0.1) is 0 Å². The lowest BCUT2D eigenvalue weighted by Gasteiger charge is -2.17. The lowest BCUT2D eigenvalue weighted by molar-refractivity contribution is 0.328. The van der Waals surface area contributed by atoms with Gasteiger partial charge in [-0.1, -0.05) is 0 Å². The zero-order chi connectivity index (χ0) is 13.7. The quantitative estimate of drug-likeness (QED) is 0.811. The van der Waals surface area contributed by atoms with Crippen molar-refractivity contribution >= 4 is 11.5 Å². The molecule has 0 aromatic carbocycles. The summed E-state index contributed by atoms with van der Waals surface area (Å²) >= 11 is 0. The normalized spacial score (nSPS) is 12.1. The topological polar surface area (TPSA) is 90.9 Å². The van der Waals surface area contributed by atoms with Gasteiger partial charge in [-0.2, -0.15) is 4.98 Å². The molecular formula is C12H18N6O. The van der Waals surface area contributed by atoms with E-state index in [9.17, 15) is 0 Å². The molecule has 2 rings (SSSR count). The van der Waals surface area contributed by atoms with E-state index in [0.29, 0.717) is 24.0 Å². The average Bonchev–Trinajstić information content (AvgIpc) is 2.87. The van der Waals surface area contributed by atoms with Gasteiger partial charge in [-0.3, -0.25) is 0 Å². The van der Waals surface area contributed by atoms with Crippen LogP contribution < -0.4 is 15.8 Å². The van der Waals surface area contributed by atoms with Crippen LogP contribution >= 0.6 is 0 Å². The van der Waals surface area contributed by atoms with Crippen LogP contribution in [0.1, 0.15) is 13.8 Å². The highest BCUT2D eigenvalue weighted by Crippen LogP contribution is 2.24. The molecule has 0 bridgehead atoms. The van der Waals surface area contributed by atoms with E-state index in [0.717, 1.165) is 6.54 Å². The summed E-state index contributed by atoms with van der Waals surface area (Å²) in [4.78, 5) is 12.1. The largest absolute Gasteiger partial charge is 0.476 e. The maximum atomic E-state index is 5.96. The number of nitrogens with zero attached hydrogens (tertiary/aromatic N) is 4. The monoisotopic (exact) mass is 262 g/mol. The molecule has 7 heteroatoms. The van der Waals surface area contributed by atoms with Gasteiger partial charge in [-0.05, 0) is 13.8 Å². The molecule has 102 valence electrons.